The van der Waals surface area contributed by atoms with Crippen molar-refractivity contribution in [3.05, 3.63) is 0 Å². The van der Waals surface area contributed by atoms with Gasteiger partial charge in [0, 0.05) is 23.9 Å². The first-order valence-corrected chi connectivity index (χ1v) is 5.18. The molecule has 0 aromatic carbocycles. The van der Waals surface area contributed by atoms with Crippen LogP contribution in [0.1, 0.15) is 53.4 Å². The molecule has 0 saturated carbocycles. The molecule has 0 aliphatic carbocycles. The molecule has 0 amide bonds. The fourth-order valence-corrected chi connectivity index (χ4v) is 2.60. The molecule has 0 radical (unpaired) electrons. The highest BCUT2D eigenvalue weighted by Gasteiger charge is 2.38. The zero-order valence-corrected chi connectivity index (χ0v) is 9.24. The van der Waals surface area contributed by atoms with E-state index in [0.29, 0.717) is 18.6 Å². The highest BCUT2D eigenvalue weighted by molar-refractivity contribution is 5.81. The van der Waals surface area contributed by atoms with Gasteiger partial charge in [-0.2, -0.15) is 0 Å². The molecule has 1 saturated heterocycles. The summed E-state index contributed by atoms with van der Waals surface area (Å²) < 4.78 is 0. The van der Waals surface area contributed by atoms with E-state index in [1.807, 2.05) is 0 Å². The quantitative estimate of drug-likeness (QED) is 0.711. The molecule has 1 aliphatic rings. The van der Waals surface area contributed by atoms with Crippen LogP contribution in [-0.4, -0.2) is 16.9 Å². The molecule has 76 valence electrons. The van der Waals surface area contributed by atoms with Crippen molar-refractivity contribution in [1.29, 1.82) is 0 Å². The SMILES string of the molecule is CCCC1(C)CC(=O)CC(C)(C)N1. The fraction of sp³-hybridized carbons (Fsp3) is 0.909. The van der Waals surface area contributed by atoms with Gasteiger partial charge in [0.1, 0.15) is 5.78 Å². The van der Waals surface area contributed by atoms with Gasteiger partial charge in [0.05, 0.1) is 0 Å². The largest absolute Gasteiger partial charge is 0.306 e. The van der Waals surface area contributed by atoms with E-state index in [4.69, 9.17) is 0 Å². The molecular weight excluding hydrogens is 162 g/mol. The molecule has 1 atom stereocenters. The van der Waals surface area contributed by atoms with Crippen molar-refractivity contribution >= 4 is 5.78 Å². The highest BCUT2D eigenvalue weighted by Crippen LogP contribution is 2.29. The molecule has 0 bridgehead atoms. The topological polar surface area (TPSA) is 29.1 Å². The van der Waals surface area contributed by atoms with E-state index in [0.717, 1.165) is 12.8 Å². The number of carbonyl (C=O) groups excluding carboxylic acids is 1. The summed E-state index contributed by atoms with van der Waals surface area (Å²) in [5, 5.41) is 3.58. The Morgan fingerprint density at radius 3 is 2.38 bits per heavy atom. The second-order valence-electron chi connectivity index (χ2n) is 5.21. The smallest absolute Gasteiger partial charge is 0.136 e. The number of carbonyl (C=O) groups is 1. The summed E-state index contributed by atoms with van der Waals surface area (Å²) in [6.07, 6.45) is 3.59. The van der Waals surface area contributed by atoms with Crippen LogP contribution in [0.2, 0.25) is 0 Å². The van der Waals surface area contributed by atoms with E-state index in [-0.39, 0.29) is 11.1 Å². The average molecular weight is 183 g/mol. The van der Waals surface area contributed by atoms with E-state index < -0.39 is 0 Å². The summed E-state index contributed by atoms with van der Waals surface area (Å²) in [7, 11) is 0. The van der Waals surface area contributed by atoms with Crippen LogP contribution in [0.25, 0.3) is 0 Å². The third kappa shape index (κ3) is 2.80. The van der Waals surface area contributed by atoms with Crippen molar-refractivity contribution in [2.45, 2.75) is 64.5 Å². The molecule has 13 heavy (non-hydrogen) atoms. The van der Waals surface area contributed by atoms with Gasteiger partial charge in [-0.3, -0.25) is 4.79 Å². The number of ketones is 1. The van der Waals surface area contributed by atoms with Crippen molar-refractivity contribution in [2.75, 3.05) is 0 Å². The lowest BCUT2D eigenvalue weighted by Gasteiger charge is -2.43. The maximum atomic E-state index is 11.5. The van der Waals surface area contributed by atoms with E-state index in [9.17, 15) is 4.79 Å². The normalized spacial score (nSPS) is 33.4. The lowest BCUT2D eigenvalue weighted by Crippen LogP contribution is -2.59. The molecule has 2 nitrogen and oxygen atoms in total. The van der Waals surface area contributed by atoms with Crippen LogP contribution in [0, 0.1) is 0 Å². The lowest BCUT2D eigenvalue weighted by molar-refractivity contribution is -0.124. The van der Waals surface area contributed by atoms with Gasteiger partial charge < -0.3 is 5.32 Å². The van der Waals surface area contributed by atoms with Crippen LogP contribution in [0.4, 0.5) is 0 Å². The van der Waals surface area contributed by atoms with Gasteiger partial charge in [0.25, 0.3) is 0 Å². The van der Waals surface area contributed by atoms with Crippen LogP contribution in [-0.2, 0) is 4.79 Å². The van der Waals surface area contributed by atoms with Gasteiger partial charge in [-0.1, -0.05) is 13.3 Å². The second kappa shape index (κ2) is 3.41. The van der Waals surface area contributed by atoms with E-state index >= 15 is 0 Å². The Balaban J connectivity index is 2.72. The standard InChI is InChI=1S/C11H21NO/c1-5-6-11(4)8-9(13)7-10(2,3)12-11/h12H,5-8H2,1-4H3. The molecular formula is C11H21NO. The third-order valence-electron chi connectivity index (χ3n) is 2.67. The van der Waals surface area contributed by atoms with Gasteiger partial charge in [-0.15, -0.1) is 0 Å². The first-order valence-electron chi connectivity index (χ1n) is 5.18. The molecule has 1 N–H and O–H groups in total. The van der Waals surface area contributed by atoms with E-state index in [1.165, 1.54) is 0 Å². The molecule has 1 aliphatic heterocycles. The first kappa shape index (κ1) is 10.7. The first-order chi connectivity index (χ1) is 5.87. The summed E-state index contributed by atoms with van der Waals surface area (Å²) in [6, 6.07) is 0. The predicted octanol–water partition coefficient (Wildman–Crippen LogP) is 2.28. The monoisotopic (exact) mass is 183 g/mol. The maximum absolute atomic E-state index is 11.5. The molecule has 0 spiro atoms. The maximum Gasteiger partial charge on any atom is 0.136 e. The zero-order valence-electron chi connectivity index (χ0n) is 9.24. The Hall–Kier alpha value is -0.370. The highest BCUT2D eigenvalue weighted by atomic mass is 16.1. The zero-order chi connectivity index (χ0) is 10.1. The van der Waals surface area contributed by atoms with Crippen LogP contribution in [0.5, 0.6) is 0 Å². The van der Waals surface area contributed by atoms with Crippen molar-refractivity contribution in [3.8, 4) is 0 Å². The molecule has 1 fully saturated rings. The molecule has 1 heterocycles. The lowest BCUT2D eigenvalue weighted by atomic mass is 9.79. The van der Waals surface area contributed by atoms with Crippen molar-refractivity contribution in [1.82, 2.24) is 5.32 Å². The molecule has 2 heteroatoms. The summed E-state index contributed by atoms with van der Waals surface area (Å²) in [6.45, 7) is 8.55. The number of piperidine rings is 1. The Bertz CT molecular complexity index is 210. The van der Waals surface area contributed by atoms with Gasteiger partial charge in [-0.05, 0) is 27.2 Å². The van der Waals surface area contributed by atoms with Crippen LogP contribution >= 0.6 is 0 Å². The van der Waals surface area contributed by atoms with E-state index in [1.54, 1.807) is 0 Å². The van der Waals surface area contributed by atoms with Gasteiger partial charge in [0.2, 0.25) is 0 Å². The average Bonchev–Trinajstić information content (AvgIpc) is 1.78. The minimum absolute atomic E-state index is 0.0146. The fourth-order valence-electron chi connectivity index (χ4n) is 2.60. The van der Waals surface area contributed by atoms with Gasteiger partial charge in [-0.25, -0.2) is 0 Å². The summed E-state index contributed by atoms with van der Waals surface area (Å²) in [4.78, 5) is 11.5. The number of Topliss-reactive ketones (excluding diaryl/α,β-unsaturated/α-hetero) is 1. The van der Waals surface area contributed by atoms with Crippen molar-refractivity contribution < 1.29 is 4.79 Å². The van der Waals surface area contributed by atoms with Crippen molar-refractivity contribution in [3.63, 3.8) is 0 Å². The minimum atomic E-state index is -0.0146. The van der Waals surface area contributed by atoms with E-state index in [2.05, 4.69) is 33.0 Å². The second-order valence-corrected chi connectivity index (χ2v) is 5.21. The van der Waals surface area contributed by atoms with Crippen LogP contribution in [0.15, 0.2) is 0 Å². The Kier molecular flexibility index (Phi) is 2.81. The summed E-state index contributed by atoms with van der Waals surface area (Å²) in [5.41, 5.74) is 0.0207. The Morgan fingerprint density at radius 2 is 1.92 bits per heavy atom. The summed E-state index contributed by atoms with van der Waals surface area (Å²) in [5.74, 6) is 0.403. The van der Waals surface area contributed by atoms with Crippen molar-refractivity contribution in [2.24, 2.45) is 0 Å². The Morgan fingerprint density at radius 1 is 1.31 bits per heavy atom. The number of hydrogen-bond donors (Lipinski definition) is 1. The molecule has 0 aromatic rings. The Labute approximate surface area is 81.1 Å². The molecule has 1 unspecified atom stereocenters. The van der Waals surface area contributed by atoms with Crippen LogP contribution < -0.4 is 5.32 Å². The summed E-state index contributed by atoms with van der Waals surface area (Å²) >= 11 is 0. The predicted molar refractivity (Wildman–Crippen MR) is 54.8 cm³/mol. The minimum Gasteiger partial charge on any atom is -0.306 e. The van der Waals surface area contributed by atoms with Gasteiger partial charge in [0.15, 0.2) is 0 Å². The van der Waals surface area contributed by atoms with Crippen LogP contribution in [0.3, 0.4) is 0 Å². The number of hydrogen-bond acceptors (Lipinski definition) is 2. The third-order valence-corrected chi connectivity index (χ3v) is 2.67. The number of nitrogens with one attached hydrogen (secondary N) is 1. The van der Waals surface area contributed by atoms with Gasteiger partial charge >= 0.3 is 0 Å². The number of rotatable bonds is 2. The molecule has 0 aromatic heterocycles. The molecule has 1 rings (SSSR count).